The fraction of sp³-hybridized carbons (Fsp3) is 0.167. The highest BCUT2D eigenvalue weighted by molar-refractivity contribution is 9.10. The number of nitrogens with one attached hydrogen (secondary N) is 2. The predicted octanol–water partition coefficient (Wildman–Crippen LogP) is 6.00. The molecule has 2 amide bonds. The first-order valence-electron chi connectivity index (χ1n) is 9.98. The molecule has 3 aromatic rings. The zero-order valence-corrected chi connectivity index (χ0v) is 19.5. The molecular weight excluding hydrogens is 517 g/mol. The van der Waals surface area contributed by atoms with Crippen LogP contribution in [0, 0.1) is 0 Å². The molecule has 0 saturated carbocycles. The minimum Gasteiger partial charge on any atom is -0.490 e. The maximum Gasteiger partial charge on any atom is 0.416 e. The van der Waals surface area contributed by atoms with Gasteiger partial charge in [-0.15, -0.1) is 0 Å². The van der Waals surface area contributed by atoms with E-state index in [2.05, 4.69) is 26.6 Å². The SMILES string of the molecule is COCCOc1ccc(C(=O)Nc2ccc(C(=O)Nc3cccc(C(F)(F)F)c3)cc2)cc1Br. The third-order valence-corrected chi connectivity index (χ3v) is 5.21. The largest absolute Gasteiger partial charge is 0.490 e. The Morgan fingerprint density at radius 1 is 0.853 bits per heavy atom. The summed E-state index contributed by atoms with van der Waals surface area (Å²) in [4.78, 5) is 24.9. The quantitative estimate of drug-likeness (QED) is 0.346. The van der Waals surface area contributed by atoms with E-state index < -0.39 is 17.6 Å². The molecule has 0 aliphatic rings. The van der Waals surface area contributed by atoms with Gasteiger partial charge in [0.15, 0.2) is 0 Å². The monoisotopic (exact) mass is 536 g/mol. The number of methoxy groups -OCH3 is 1. The third kappa shape index (κ3) is 6.82. The lowest BCUT2D eigenvalue weighted by molar-refractivity contribution is -0.137. The fourth-order valence-corrected chi connectivity index (χ4v) is 3.37. The summed E-state index contributed by atoms with van der Waals surface area (Å²) in [6.07, 6.45) is -4.51. The molecular formula is C24H20BrF3N2O4. The van der Waals surface area contributed by atoms with Gasteiger partial charge in [-0.25, -0.2) is 0 Å². The third-order valence-electron chi connectivity index (χ3n) is 4.59. The number of rotatable bonds is 8. The Bertz CT molecular complexity index is 1170. The summed E-state index contributed by atoms with van der Waals surface area (Å²) in [5.74, 6) is -0.375. The van der Waals surface area contributed by atoms with Gasteiger partial charge in [-0.05, 0) is 76.6 Å². The first-order chi connectivity index (χ1) is 16.2. The standard InChI is InChI=1S/C24H20BrF3N2O4/c1-33-11-12-34-21-10-7-16(13-20(21)25)23(32)29-18-8-5-15(6-9-18)22(31)30-19-4-2-3-17(14-19)24(26,27)28/h2-10,13-14H,11-12H2,1H3,(H,29,32)(H,30,31). The Kier molecular flexibility index (Phi) is 8.30. The second-order valence-electron chi connectivity index (χ2n) is 7.05. The van der Waals surface area contributed by atoms with Crippen molar-refractivity contribution in [1.29, 1.82) is 0 Å². The molecule has 2 N–H and O–H groups in total. The van der Waals surface area contributed by atoms with Crippen molar-refractivity contribution in [3.05, 3.63) is 87.9 Å². The van der Waals surface area contributed by atoms with Gasteiger partial charge in [-0.2, -0.15) is 13.2 Å². The number of ether oxygens (including phenoxy) is 2. The molecule has 34 heavy (non-hydrogen) atoms. The number of hydrogen-bond acceptors (Lipinski definition) is 4. The molecule has 0 atom stereocenters. The average molecular weight is 537 g/mol. The average Bonchev–Trinajstić information content (AvgIpc) is 2.80. The van der Waals surface area contributed by atoms with Crippen molar-refractivity contribution in [3.8, 4) is 5.75 Å². The second-order valence-corrected chi connectivity index (χ2v) is 7.90. The maximum absolute atomic E-state index is 12.8. The predicted molar refractivity (Wildman–Crippen MR) is 125 cm³/mol. The van der Waals surface area contributed by atoms with Crippen LogP contribution in [0.15, 0.2) is 71.2 Å². The number of carbonyl (C=O) groups excluding carboxylic acids is 2. The number of anilines is 2. The van der Waals surface area contributed by atoms with Crippen LogP contribution in [0.3, 0.4) is 0 Å². The van der Waals surface area contributed by atoms with Gasteiger partial charge in [-0.3, -0.25) is 9.59 Å². The Morgan fingerprint density at radius 2 is 1.50 bits per heavy atom. The van der Waals surface area contributed by atoms with Crippen molar-refractivity contribution in [2.45, 2.75) is 6.18 Å². The van der Waals surface area contributed by atoms with E-state index in [0.29, 0.717) is 34.7 Å². The number of hydrogen-bond donors (Lipinski definition) is 2. The highest BCUT2D eigenvalue weighted by Crippen LogP contribution is 2.31. The highest BCUT2D eigenvalue weighted by Gasteiger charge is 2.30. The van der Waals surface area contributed by atoms with Crippen LogP contribution in [0.2, 0.25) is 0 Å². The van der Waals surface area contributed by atoms with E-state index >= 15 is 0 Å². The number of halogens is 4. The minimum atomic E-state index is -4.51. The molecule has 3 rings (SSSR count). The van der Waals surface area contributed by atoms with Crippen molar-refractivity contribution >= 4 is 39.1 Å². The van der Waals surface area contributed by atoms with Crippen LogP contribution in [0.25, 0.3) is 0 Å². The molecule has 0 unspecified atom stereocenters. The molecule has 0 aliphatic heterocycles. The smallest absolute Gasteiger partial charge is 0.416 e. The molecule has 3 aromatic carbocycles. The molecule has 178 valence electrons. The lowest BCUT2D eigenvalue weighted by Gasteiger charge is -2.11. The van der Waals surface area contributed by atoms with Gasteiger partial charge >= 0.3 is 6.18 Å². The zero-order chi connectivity index (χ0) is 24.7. The van der Waals surface area contributed by atoms with Gasteiger partial charge in [-0.1, -0.05) is 6.07 Å². The first kappa shape index (κ1) is 25.3. The molecule has 0 radical (unpaired) electrons. The maximum atomic E-state index is 12.8. The molecule has 10 heteroatoms. The fourth-order valence-electron chi connectivity index (χ4n) is 2.88. The van der Waals surface area contributed by atoms with Crippen LogP contribution in [0.4, 0.5) is 24.5 Å². The highest BCUT2D eigenvalue weighted by atomic mass is 79.9. The molecule has 0 fully saturated rings. The van der Waals surface area contributed by atoms with Gasteiger partial charge in [0, 0.05) is 29.6 Å². The molecule has 0 aromatic heterocycles. The van der Waals surface area contributed by atoms with Crippen LogP contribution < -0.4 is 15.4 Å². The van der Waals surface area contributed by atoms with Crippen molar-refractivity contribution < 1.29 is 32.2 Å². The Labute approximate surface area is 202 Å². The Hall–Kier alpha value is -3.37. The Balaban J connectivity index is 1.62. The van der Waals surface area contributed by atoms with E-state index in [0.717, 1.165) is 12.1 Å². The summed E-state index contributed by atoms with van der Waals surface area (Å²) in [7, 11) is 1.57. The van der Waals surface area contributed by atoms with Gasteiger partial charge in [0.05, 0.1) is 16.6 Å². The lowest BCUT2D eigenvalue weighted by atomic mass is 10.1. The van der Waals surface area contributed by atoms with Gasteiger partial charge in [0.1, 0.15) is 12.4 Å². The summed E-state index contributed by atoms with van der Waals surface area (Å²) in [5, 5.41) is 5.16. The lowest BCUT2D eigenvalue weighted by Crippen LogP contribution is -2.14. The second kappa shape index (κ2) is 11.2. The molecule has 0 bridgehead atoms. The summed E-state index contributed by atoms with van der Waals surface area (Å²) in [5.41, 5.74) is 0.215. The van der Waals surface area contributed by atoms with E-state index in [4.69, 9.17) is 9.47 Å². The summed E-state index contributed by atoms with van der Waals surface area (Å²) in [6, 6.07) is 15.2. The molecule has 0 aliphatic carbocycles. The summed E-state index contributed by atoms with van der Waals surface area (Å²) in [6.45, 7) is 0.803. The number of carbonyl (C=O) groups is 2. The van der Waals surface area contributed by atoms with Crippen molar-refractivity contribution in [1.82, 2.24) is 0 Å². The van der Waals surface area contributed by atoms with E-state index in [-0.39, 0.29) is 17.2 Å². The van der Waals surface area contributed by atoms with Crippen molar-refractivity contribution in [2.24, 2.45) is 0 Å². The number of alkyl halides is 3. The van der Waals surface area contributed by atoms with E-state index in [1.165, 1.54) is 36.4 Å². The minimum absolute atomic E-state index is 0.0254. The van der Waals surface area contributed by atoms with E-state index in [1.807, 2.05) is 0 Å². The van der Waals surface area contributed by atoms with Crippen LogP contribution in [-0.4, -0.2) is 32.1 Å². The van der Waals surface area contributed by atoms with Gasteiger partial charge in [0.25, 0.3) is 11.8 Å². The summed E-state index contributed by atoms with van der Waals surface area (Å²) >= 11 is 3.37. The normalized spacial score (nSPS) is 11.1. The number of benzene rings is 3. The molecule has 0 saturated heterocycles. The number of amides is 2. The first-order valence-corrected chi connectivity index (χ1v) is 10.8. The van der Waals surface area contributed by atoms with E-state index in [9.17, 15) is 22.8 Å². The van der Waals surface area contributed by atoms with Crippen LogP contribution in [-0.2, 0) is 10.9 Å². The van der Waals surface area contributed by atoms with E-state index in [1.54, 1.807) is 25.3 Å². The van der Waals surface area contributed by atoms with Gasteiger partial charge in [0.2, 0.25) is 0 Å². The molecule has 0 heterocycles. The Morgan fingerprint density at radius 3 is 2.15 bits per heavy atom. The van der Waals surface area contributed by atoms with Crippen LogP contribution in [0.5, 0.6) is 5.75 Å². The van der Waals surface area contributed by atoms with Gasteiger partial charge < -0.3 is 20.1 Å². The van der Waals surface area contributed by atoms with Crippen LogP contribution >= 0.6 is 15.9 Å². The van der Waals surface area contributed by atoms with Crippen LogP contribution in [0.1, 0.15) is 26.3 Å². The topological polar surface area (TPSA) is 76.7 Å². The van der Waals surface area contributed by atoms with Crippen molar-refractivity contribution in [2.75, 3.05) is 31.0 Å². The zero-order valence-electron chi connectivity index (χ0n) is 17.9. The molecule has 0 spiro atoms. The summed E-state index contributed by atoms with van der Waals surface area (Å²) < 4.78 is 49.6. The van der Waals surface area contributed by atoms with Crippen molar-refractivity contribution in [3.63, 3.8) is 0 Å². The molecule has 6 nitrogen and oxygen atoms in total.